The van der Waals surface area contributed by atoms with Crippen LogP contribution in [0.2, 0.25) is 0 Å². The number of benzene rings is 1. The van der Waals surface area contributed by atoms with Gasteiger partial charge in [0.1, 0.15) is 11.4 Å². The van der Waals surface area contributed by atoms with Crippen molar-refractivity contribution in [3.8, 4) is 0 Å². The lowest BCUT2D eigenvalue weighted by atomic mass is 9.97. The maximum atomic E-state index is 12.6. The first-order chi connectivity index (χ1) is 13.1. The zero-order chi connectivity index (χ0) is 20.1. The van der Waals surface area contributed by atoms with Crippen molar-refractivity contribution in [2.24, 2.45) is 4.40 Å². The van der Waals surface area contributed by atoms with E-state index in [1.807, 2.05) is 20.8 Å². The van der Waals surface area contributed by atoms with Crippen LogP contribution >= 0.6 is 0 Å². The summed E-state index contributed by atoms with van der Waals surface area (Å²) in [5, 5.41) is 2.84. The number of aromatic nitrogens is 1. The maximum Gasteiger partial charge on any atom is 0.257 e. The molecule has 0 fully saturated rings. The van der Waals surface area contributed by atoms with Gasteiger partial charge in [-0.25, -0.2) is 13.4 Å². The Morgan fingerprint density at radius 1 is 1.25 bits per heavy atom. The van der Waals surface area contributed by atoms with E-state index in [1.165, 1.54) is 6.08 Å². The van der Waals surface area contributed by atoms with E-state index in [2.05, 4.69) is 14.7 Å². The van der Waals surface area contributed by atoms with E-state index in [9.17, 15) is 13.2 Å². The number of amides is 1. The van der Waals surface area contributed by atoms with Gasteiger partial charge in [0.25, 0.3) is 15.9 Å². The second-order valence-corrected chi connectivity index (χ2v) is 9.51. The molecule has 3 heterocycles. The van der Waals surface area contributed by atoms with Crippen LogP contribution < -0.4 is 5.32 Å². The van der Waals surface area contributed by atoms with Crippen LogP contribution in [0.5, 0.6) is 0 Å². The van der Waals surface area contributed by atoms with Gasteiger partial charge >= 0.3 is 0 Å². The number of sulfonamides is 1. The summed E-state index contributed by atoms with van der Waals surface area (Å²) < 4.78 is 32.6. The molecule has 146 valence electrons. The van der Waals surface area contributed by atoms with Gasteiger partial charge < -0.3 is 14.6 Å². The molecular formula is C19H20N4O4S. The van der Waals surface area contributed by atoms with E-state index in [4.69, 9.17) is 4.42 Å². The first-order valence-electron chi connectivity index (χ1n) is 8.82. The highest BCUT2D eigenvalue weighted by Crippen LogP contribution is 2.27. The molecule has 28 heavy (non-hydrogen) atoms. The average Bonchev–Trinajstić information content (AvgIpc) is 3.04. The van der Waals surface area contributed by atoms with Gasteiger partial charge in [-0.05, 0) is 30.4 Å². The van der Waals surface area contributed by atoms with Gasteiger partial charge in [-0.1, -0.05) is 20.8 Å². The van der Waals surface area contributed by atoms with Crippen LogP contribution in [-0.4, -0.2) is 42.3 Å². The molecule has 4 rings (SSSR count). The van der Waals surface area contributed by atoms with Crippen molar-refractivity contribution in [2.75, 3.05) is 17.6 Å². The number of carbonyl (C=O) groups excluding carboxylic acids is 1. The van der Waals surface area contributed by atoms with Crippen LogP contribution in [0.3, 0.4) is 0 Å². The number of rotatable bonds is 2. The molecule has 1 amide bonds. The molecule has 0 atom stereocenters. The van der Waals surface area contributed by atoms with E-state index in [-0.39, 0.29) is 23.6 Å². The van der Waals surface area contributed by atoms with Gasteiger partial charge in [0, 0.05) is 23.8 Å². The fourth-order valence-corrected chi connectivity index (χ4v) is 3.83. The molecule has 0 aliphatic carbocycles. The third kappa shape index (κ3) is 3.57. The lowest BCUT2D eigenvalue weighted by Gasteiger charge is -2.26. The molecule has 0 saturated heterocycles. The zero-order valence-corrected chi connectivity index (χ0v) is 16.6. The molecule has 0 radical (unpaired) electrons. The third-order valence-electron chi connectivity index (χ3n) is 4.37. The number of nitrogens with zero attached hydrogens (tertiary/aromatic N) is 3. The Morgan fingerprint density at radius 3 is 2.79 bits per heavy atom. The van der Waals surface area contributed by atoms with Crippen molar-refractivity contribution in [1.82, 2.24) is 9.88 Å². The van der Waals surface area contributed by atoms with E-state index in [0.717, 1.165) is 0 Å². The third-order valence-corrected chi connectivity index (χ3v) is 5.54. The normalized spacial score (nSPS) is 18.5. The molecule has 1 aromatic heterocycles. The predicted octanol–water partition coefficient (Wildman–Crippen LogP) is 2.56. The Kier molecular flexibility index (Phi) is 4.15. The molecule has 2 aliphatic heterocycles. The minimum absolute atomic E-state index is 0.0747. The summed E-state index contributed by atoms with van der Waals surface area (Å²) in [7, 11) is -3.42. The monoisotopic (exact) mass is 400 g/mol. The van der Waals surface area contributed by atoms with Crippen LogP contribution in [0.4, 0.5) is 5.69 Å². The number of hydrogen-bond acceptors (Lipinski definition) is 6. The Morgan fingerprint density at radius 2 is 2.04 bits per heavy atom. The Balaban J connectivity index is 1.54. The van der Waals surface area contributed by atoms with Crippen LogP contribution in [-0.2, 0) is 20.2 Å². The standard InChI is InChI=1S/C19H20N4O4S/c1-19(2,3)18-21-14-10-13(5-6-15(14)27-18)20-17(24)12-4-7-16-22-28(25,26)9-8-23(16)11-12/h4-7,10-11H,8-9H2,1-3H3,(H,20,24). The van der Waals surface area contributed by atoms with Crippen LogP contribution in [0.15, 0.2) is 50.9 Å². The number of carbonyl (C=O) groups is 1. The second-order valence-electron chi connectivity index (χ2n) is 7.75. The molecule has 8 nitrogen and oxygen atoms in total. The fourth-order valence-electron chi connectivity index (χ4n) is 2.86. The molecule has 0 spiro atoms. The van der Waals surface area contributed by atoms with Crippen molar-refractivity contribution < 1.29 is 17.6 Å². The average molecular weight is 400 g/mol. The number of anilines is 1. The van der Waals surface area contributed by atoms with Gasteiger partial charge in [0.05, 0.1) is 11.3 Å². The molecule has 9 heteroatoms. The van der Waals surface area contributed by atoms with Crippen molar-refractivity contribution >= 4 is 38.6 Å². The smallest absolute Gasteiger partial charge is 0.257 e. The Hall–Kier alpha value is -2.94. The van der Waals surface area contributed by atoms with Crippen molar-refractivity contribution in [1.29, 1.82) is 0 Å². The summed E-state index contributed by atoms with van der Waals surface area (Å²) in [5.41, 5.74) is 2.14. The molecule has 1 N–H and O–H groups in total. The summed E-state index contributed by atoms with van der Waals surface area (Å²) in [6.07, 6.45) is 4.69. The summed E-state index contributed by atoms with van der Waals surface area (Å²) in [4.78, 5) is 18.8. The minimum Gasteiger partial charge on any atom is -0.440 e. The van der Waals surface area contributed by atoms with Crippen LogP contribution in [0.25, 0.3) is 11.1 Å². The van der Waals surface area contributed by atoms with E-state index in [1.54, 1.807) is 35.4 Å². The molecule has 0 saturated carbocycles. The van der Waals surface area contributed by atoms with Gasteiger partial charge in [-0.3, -0.25) is 4.79 Å². The van der Waals surface area contributed by atoms with Gasteiger partial charge in [0.15, 0.2) is 5.58 Å². The van der Waals surface area contributed by atoms with E-state index >= 15 is 0 Å². The Labute approximate surface area is 162 Å². The summed E-state index contributed by atoms with van der Waals surface area (Å²) in [5.74, 6) is 0.578. The van der Waals surface area contributed by atoms with E-state index in [0.29, 0.717) is 34.1 Å². The quantitative estimate of drug-likeness (QED) is 0.831. The molecule has 0 unspecified atom stereocenters. The lowest BCUT2D eigenvalue weighted by Crippen LogP contribution is -2.37. The highest BCUT2D eigenvalue weighted by atomic mass is 32.2. The summed E-state index contributed by atoms with van der Waals surface area (Å²) >= 11 is 0. The van der Waals surface area contributed by atoms with Crippen LogP contribution in [0, 0.1) is 0 Å². The van der Waals surface area contributed by atoms with Crippen molar-refractivity contribution in [2.45, 2.75) is 26.2 Å². The first-order valence-corrected chi connectivity index (χ1v) is 10.4. The van der Waals surface area contributed by atoms with Crippen molar-refractivity contribution in [3.63, 3.8) is 0 Å². The van der Waals surface area contributed by atoms with Crippen LogP contribution in [0.1, 0.15) is 26.7 Å². The first kappa shape index (κ1) is 18.4. The number of fused-ring (bicyclic) bond motifs is 2. The maximum absolute atomic E-state index is 12.6. The highest BCUT2D eigenvalue weighted by molar-refractivity contribution is 7.90. The molecule has 2 aliphatic rings. The SMILES string of the molecule is CC(C)(C)c1nc2cc(NC(=O)C3=CN4CCS(=O)(=O)N=C4C=C3)ccc2o1. The molecule has 0 bridgehead atoms. The fraction of sp³-hybridized carbons (Fsp3) is 0.316. The zero-order valence-electron chi connectivity index (χ0n) is 15.8. The highest BCUT2D eigenvalue weighted by Gasteiger charge is 2.25. The topological polar surface area (TPSA) is 105 Å². The second kappa shape index (κ2) is 6.30. The molecule has 2 aromatic rings. The van der Waals surface area contributed by atoms with Crippen molar-refractivity contribution in [3.05, 3.63) is 48.0 Å². The van der Waals surface area contributed by atoms with Gasteiger partial charge in [0.2, 0.25) is 5.89 Å². The predicted molar refractivity (Wildman–Crippen MR) is 106 cm³/mol. The number of nitrogens with one attached hydrogen (secondary N) is 1. The largest absolute Gasteiger partial charge is 0.440 e. The van der Waals surface area contributed by atoms with Gasteiger partial charge in [-0.2, -0.15) is 0 Å². The molecule has 1 aromatic carbocycles. The van der Waals surface area contributed by atoms with Gasteiger partial charge in [-0.15, -0.1) is 4.40 Å². The number of amidine groups is 1. The number of oxazole rings is 1. The number of hydrogen-bond donors (Lipinski definition) is 1. The summed E-state index contributed by atoms with van der Waals surface area (Å²) in [6, 6.07) is 5.29. The Bertz CT molecular complexity index is 1170. The lowest BCUT2D eigenvalue weighted by molar-refractivity contribution is -0.112. The summed E-state index contributed by atoms with van der Waals surface area (Å²) in [6.45, 7) is 6.33. The molecular weight excluding hydrogens is 380 g/mol. The minimum atomic E-state index is -3.42. The van der Waals surface area contributed by atoms with E-state index < -0.39 is 10.0 Å².